The van der Waals surface area contributed by atoms with E-state index < -0.39 is 13.8 Å². The standard InChI is InChI=1S/C4H10O4P/c5-2-1-3-9(8)4(6)7/h4-7H,1-3H2/q+1. The van der Waals surface area contributed by atoms with Crippen molar-refractivity contribution in [3.05, 3.63) is 0 Å². The van der Waals surface area contributed by atoms with Gasteiger partial charge in [0.15, 0.2) is 6.16 Å². The lowest BCUT2D eigenvalue weighted by molar-refractivity contribution is 0.0320. The Morgan fingerprint density at radius 2 is 2.00 bits per heavy atom. The zero-order valence-electron chi connectivity index (χ0n) is 4.90. The molecule has 0 saturated carbocycles. The first kappa shape index (κ1) is 8.98. The molecule has 4 nitrogen and oxygen atoms in total. The van der Waals surface area contributed by atoms with Crippen molar-refractivity contribution < 1.29 is 19.9 Å². The molecule has 0 bridgehead atoms. The largest absolute Gasteiger partial charge is 0.401 e. The van der Waals surface area contributed by atoms with Crippen molar-refractivity contribution in [1.82, 2.24) is 0 Å². The Bertz CT molecular complexity index is 92.6. The fraction of sp³-hybridized carbons (Fsp3) is 1.00. The predicted octanol–water partition coefficient (Wildman–Crippen LogP) is -0.536. The van der Waals surface area contributed by atoms with Crippen LogP contribution in [-0.2, 0) is 4.57 Å². The van der Waals surface area contributed by atoms with E-state index in [0.29, 0.717) is 6.42 Å². The van der Waals surface area contributed by atoms with Gasteiger partial charge < -0.3 is 15.3 Å². The van der Waals surface area contributed by atoms with E-state index in [4.69, 9.17) is 15.3 Å². The van der Waals surface area contributed by atoms with Crippen molar-refractivity contribution in [2.45, 2.75) is 12.5 Å². The molecule has 0 aliphatic rings. The molecule has 0 aromatic carbocycles. The molecule has 1 unspecified atom stereocenters. The quantitative estimate of drug-likeness (QED) is 0.374. The molecule has 5 heteroatoms. The second kappa shape index (κ2) is 4.82. The number of aliphatic hydroxyl groups is 3. The summed E-state index contributed by atoms with van der Waals surface area (Å²) < 4.78 is 10.4. The Morgan fingerprint density at radius 3 is 2.33 bits per heavy atom. The van der Waals surface area contributed by atoms with E-state index in [1.54, 1.807) is 0 Å². The number of hydrogen-bond acceptors (Lipinski definition) is 4. The number of rotatable bonds is 4. The van der Waals surface area contributed by atoms with Crippen LogP contribution in [-0.4, -0.2) is 34.1 Å². The van der Waals surface area contributed by atoms with Gasteiger partial charge in [-0.3, -0.25) is 0 Å². The molecule has 9 heavy (non-hydrogen) atoms. The first-order valence-corrected chi connectivity index (χ1v) is 4.10. The van der Waals surface area contributed by atoms with Crippen LogP contribution in [0, 0.1) is 0 Å². The Labute approximate surface area is 53.9 Å². The summed E-state index contributed by atoms with van der Waals surface area (Å²) in [6, 6.07) is -1.73. The minimum absolute atomic E-state index is 0.0617. The lowest BCUT2D eigenvalue weighted by atomic mass is 10.5. The third-order valence-corrected chi connectivity index (χ3v) is 2.07. The van der Waals surface area contributed by atoms with Crippen molar-refractivity contribution in [1.29, 1.82) is 0 Å². The summed E-state index contributed by atoms with van der Waals surface area (Å²) in [4.78, 5) is 0. The van der Waals surface area contributed by atoms with Crippen LogP contribution in [0.1, 0.15) is 6.42 Å². The van der Waals surface area contributed by atoms with Gasteiger partial charge in [0.05, 0.1) is 0 Å². The van der Waals surface area contributed by atoms with E-state index >= 15 is 0 Å². The average Bonchev–Trinajstić information content (AvgIpc) is 1.82. The Balaban J connectivity index is 3.28. The SMILES string of the molecule is O=[P+](CCCO)C(O)O. The van der Waals surface area contributed by atoms with E-state index in [0.717, 1.165) is 0 Å². The van der Waals surface area contributed by atoms with Gasteiger partial charge in [0.2, 0.25) is 0 Å². The van der Waals surface area contributed by atoms with Crippen LogP contribution in [0.3, 0.4) is 0 Å². The van der Waals surface area contributed by atoms with Gasteiger partial charge in [0, 0.05) is 13.0 Å². The highest BCUT2D eigenvalue weighted by atomic mass is 31.1. The number of hydrogen-bond donors (Lipinski definition) is 3. The molecule has 0 amide bonds. The van der Waals surface area contributed by atoms with Gasteiger partial charge in [-0.25, -0.2) is 0 Å². The molecule has 3 N–H and O–H groups in total. The van der Waals surface area contributed by atoms with E-state index in [1.165, 1.54) is 0 Å². The van der Waals surface area contributed by atoms with Crippen molar-refractivity contribution in [2.24, 2.45) is 0 Å². The topological polar surface area (TPSA) is 77.8 Å². The van der Waals surface area contributed by atoms with Crippen molar-refractivity contribution in [2.75, 3.05) is 12.8 Å². The first-order valence-electron chi connectivity index (χ1n) is 2.59. The highest BCUT2D eigenvalue weighted by Gasteiger charge is 2.23. The highest BCUT2D eigenvalue weighted by Crippen LogP contribution is 2.24. The molecule has 0 radical (unpaired) electrons. The van der Waals surface area contributed by atoms with Crippen molar-refractivity contribution in [3.8, 4) is 0 Å². The van der Waals surface area contributed by atoms with Crippen LogP contribution < -0.4 is 0 Å². The zero-order valence-corrected chi connectivity index (χ0v) is 5.79. The molecule has 54 valence electrons. The molecule has 0 spiro atoms. The highest BCUT2D eigenvalue weighted by molar-refractivity contribution is 7.44. The fourth-order valence-electron chi connectivity index (χ4n) is 0.342. The minimum Gasteiger partial charge on any atom is -0.396 e. The molecule has 0 aliphatic carbocycles. The summed E-state index contributed by atoms with van der Waals surface area (Å²) in [6.07, 6.45) is 0.524. The normalized spacial score (nSPS) is 12.2. The second-order valence-corrected chi connectivity index (χ2v) is 3.31. The third kappa shape index (κ3) is 4.48. The lowest BCUT2D eigenvalue weighted by Gasteiger charge is -1.87. The Kier molecular flexibility index (Phi) is 4.81. The predicted molar refractivity (Wildman–Crippen MR) is 32.4 cm³/mol. The van der Waals surface area contributed by atoms with Gasteiger partial charge in [-0.2, -0.15) is 0 Å². The van der Waals surface area contributed by atoms with Gasteiger partial charge in [-0.1, -0.05) is 4.57 Å². The Hall–Kier alpha value is -0.0200. The molecule has 0 aromatic heterocycles. The minimum atomic E-state index is -1.94. The molecule has 1 atom stereocenters. The van der Waals surface area contributed by atoms with Gasteiger partial charge in [0.1, 0.15) is 0 Å². The smallest absolute Gasteiger partial charge is 0.396 e. The summed E-state index contributed by atoms with van der Waals surface area (Å²) in [5, 5.41) is 24.7. The maximum absolute atomic E-state index is 10.4. The van der Waals surface area contributed by atoms with Crippen LogP contribution in [0.15, 0.2) is 0 Å². The van der Waals surface area contributed by atoms with Crippen LogP contribution in [0.25, 0.3) is 0 Å². The number of aliphatic hydroxyl groups excluding tert-OH is 2. The van der Waals surface area contributed by atoms with Crippen molar-refractivity contribution >= 4 is 7.80 Å². The first-order chi connectivity index (χ1) is 4.18. The maximum atomic E-state index is 10.4. The van der Waals surface area contributed by atoms with Gasteiger partial charge in [-0.05, 0) is 0 Å². The van der Waals surface area contributed by atoms with Gasteiger partial charge >= 0.3 is 13.8 Å². The second-order valence-electron chi connectivity index (χ2n) is 1.56. The third-order valence-electron chi connectivity index (χ3n) is 0.794. The summed E-state index contributed by atoms with van der Waals surface area (Å²) in [7, 11) is -1.94. The molecule has 0 aliphatic heterocycles. The van der Waals surface area contributed by atoms with Gasteiger partial charge in [-0.15, -0.1) is 0 Å². The summed E-state index contributed by atoms with van der Waals surface area (Å²) >= 11 is 0. The monoisotopic (exact) mass is 153 g/mol. The summed E-state index contributed by atoms with van der Waals surface area (Å²) in [5.74, 6) is 0. The average molecular weight is 153 g/mol. The van der Waals surface area contributed by atoms with Crippen LogP contribution >= 0.6 is 7.80 Å². The van der Waals surface area contributed by atoms with E-state index in [-0.39, 0.29) is 12.8 Å². The van der Waals surface area contributed by atoms with Crippen LogP contribution in [0.2, 0.25) is 0 Å². The Morgan fingerprint density at radius 1 is 1.44 bits per heavy atom. The molecule has 0 rings (SSSR count). The van der Waals surface area contributed by atoms with Crippen LogP contribution in [0.5, 0.6) is 0 Å². The van der Waals surface area contributed by atoms with E-state index in [9.17, 15) is 4.57 Å². The van der Waals surface area contributed by atoms with Crippen molar-refractivity contribution in [3.63, 3.8) is 0 Å². The van der Waals surface area contributed by atoms with Gasteiger partial charge in [0.25, 0.3) is 0 Å². The molecule has 0 fully saturated rings. The zero-order chi connectivity index (χ0) is 7.28. The molecule has 0 aromatic rings. The summed E-state index contributed by atoms with van der Waals surface area (Å²) in [5.41, 5.74) is 0. The maximum Gasteiger partial charge on any atom is 0.401 e. The van der Waals surface area contributed by atoms with E-state index in [2.05, 4.69) is 0 Å². The molecular formula is C4H10O4P+. The van der Waals surface area contributed by atoms with E-state index in [1.807, 2.05) is 0 Å². The summed E-state index contributed by atoms with van der Waals surface area (Å²) in [6.45, 7) is -0.0617. The molecule has 0 heterocycles. The molecular weight excluding hydrogens is 143 g/mol. The van der Waals surface area contributed by atoms with Crippen LogP contribution in [0.4, 0.5) is 0 Å². The lowest BCUT2D eigenvalue weighted by Crippen LogP contribution is -1.99. The molecule has 0 saturated heterocycles. The fourth-order valence-corrected chi connectivity index (χ4v) is 1.03.